The lowest BCUT2D eigenvalue weighted by molar-refractivity contribution is -0.131. The summed E-state index contributed by atoms with van der Waals surface area (Å²) in [6.45, 7) is 2.78. The molecule has 0 N–H and O–H groups in total. The fourth-order valence-corrected chi connectivity index (χ4v) is 2.15. The summed E-state index contributed by atoms with van der Waals surface area (Å²) in [5.41, 5.74) is 0.302. The van der Waals surface area contributed by atoms with Crippen LogP contribution in [0.15, 0.2) is 0 Å². The van der Waals surface area contributed by atoms with Crippen LogP contribution in [-0.4, -0.2) is 11.0 Å². The number of carbonyl (C=O) groups excluding carboxylic acids is 1. The summed E-state index contributed by atoms with van der Waals surface area (Å²) >= 11 is 28.9. The number of halogens is 5. The maximum absolute atomic E-state index is 10.9. The number of esters is 1. The molecule has 0 aliphatic carbocycles. The SMILES string of the molecule is CC(=O)Oc1c(Cl)c(C)nc(C(Cl)(Cl)Cl)c1Cl. The van der Waals surface area contributed by atoms with Gasteiger partial charge in [0.2, 0.25) is 3.79 Å². The molecule has 0 spiro atoms. The lowest BCUT2D eigenvalue weighted by Crippen LogP contribution is -2.10. The van der Waals surface area contributed by atoms with E-state index in [1.165, 1.54) is 6.92 Å². The summed E-state index contributed by atoms with van der Waals surface area (Å²) in [5, 5.41) is -0.000926. The van der Waals surface area contributed by atoms with Crippen molar-refractivity contribution in [3.63, 3.8) is 0 Å². The Balaban J connectivity index is 3.48. The van der Waals surface area contributed by atoms with Gasteiger partial charge in [-0.15, -0.1) is 0 Å². The summed E-state index contributed by atoms with van der Waals surface area (Å²) < 4.78 is 3.04. The van der Waals surface area contributed by atoms with Crippen LogP contribution < -0.4 is 4.74 Å². The molecule has 3 nitrogen and oxygen atoms in total. The van der Waals surface area contributed by atoms with Crippen molar-refractivity contribution in [2.45, 2.75) is 17.6 Å². The van der Waals surface area contributed by atoms with E-state index in [9.17, 15) is 4.79 Å². The van der Waals surface area contributed by atoms with Crippen LogP contribution in [0.25, 0.3) is 0 Å². The van der Waals surface area contributed by atoms with Crippen LogP contribution in [-0.2, 0) is 8.59 Å². The molecule has 8 heteroatoms. The number of aromatic nitrogens is 1. The number of ether oxygens (including phenoxy) is 1. The van der Waals surface area contributed by atoms with Gasteiger partial charge in [-0.25, -0.2) is 0 Å². The molecule has 0 saturated heterocycles. The largest absolute Gasteiger partial charge is 0.423 e. The average Bonchev–Trinajstić information content (AvgIpc) is 2.16. The second-order valence-electron chi connectivity index (χ2n) is 3.09. The Hall–Kier alpha value is 0.0700. The van der Waals surface area contributed by atoms with E-state index in [0.29, 0.717) is 5.69 Å². The van der Waals surface area contributed by atoms with Crippen LogP contribution >= 0.6 is 58.0 Å². The van der Waals surface area contributed by atoms with Gasteiger partial charge in [-0.05, 0) is 6.92 Å². The highest BCUT2D eigenvalue weighted by atomic mass is 35.6. The highest BCUT2D eigenvalue weighted by Gasteiger charge is 2.32. The summed E-state index contributed by atoms with van der Waals surface area (Å²) in [5.74, 6) is -0.649. The molecule has 1 heterocycles. The molecule has 1 aromatic rings. The Morgan fingerprint density at radius 2 is 1.76 bits per heavy atom. The fourth-order valence-electron chi connectivity index (χ4n) is 1.06. The summed E-state index contributed by atoms with van der Waals surface area (Å²) in [4.78, 5) is 14.9. The van der Waals surface area contributed by atoms with Gasteiger partial charge in [-0.2, -0.15) is 0 Å². The molecule has 0 bridgehead atoms. The monoisotopic (exact) mass is 335 g/mol. The third kappa shape index (κ3) is 3.52. The number of hydrogen-bond donors (Lipinski definition) is 0. The van der Waals surface area contributed by atoms with E-state index >= 15 is 0 Å². The van der Waals surface area contributed by atoms with E-state index in [4.69, 9.17) is 62.7 Å². The smallest absolute Gasteiger partial charge is 0.308 e. The van der Waals surface area contributed by atoms with Crippen LogP contribution in [0.1, 0.15) is 18.3 Å². The highest BCUT2D eigenvalue weighted by Crippen LogP contribution is 2.46. The van der Waals surface area contributed by atoms with Crippen molar-refractivity contribution in [1.29, 1.82) is 0 Å². The quantitative estimate of drug-likeness (QED) is 0.561. The van der Waals surface area contributed by atoms with Gasteiger partial charge in [0, 0.05) is 6.92 Å². The van der Waals surface area contributed by atoms with Crippen LogP contribution in [0.4, 0.5) is 0 Å². The number of alkyl halides is 3. The number of rotatable bonds is 1. The first-order valence-electron chi connectivity index (χ1n) is 4.25. The summed E-state index contributed by atoms with van der Waals surface area (Å²) in [6.07, 6.45) is 0. The molecule has 0 aromatic carbocycles. The predicted molar refractivity (Wildman–Crippen MR) is 69.5 cm³/mol. The molecule has 1 aromatic heterocycles. The Bertz CT molecular complexity index is 469. The molecule has 94 valence electrons. The maximum Gasteiger partial charge on any atom is 0.308 e. The van der Waals surface area contributed by atoms with Gasteiger partial charge in [0.15, 0.2) is 5.75 Å². The first-order chi connectivity index (χ1) is 7.64. The van der Waals surface area contributed by atoms with Crippen molar-refractivity contribution < 1.29 is 9.53 Å². The zero-order valence-corrected chi connectivity index (χ0v) is 12.4. The van der Waals surface area contributed by atoms with Crippen molar-refractivity contribution in [3.8, 4) is 5.75 Å². The van der Waals surface area contributed by atoms with Gasteiger partial charge in [0.05, 0.1) is 5.69 Å². The summed E-state index contributed by atoms with van der Waals surface area (Å²) in [7, 11) is 0. The van der Waals surface area contributed by atoms with Crippen LogP contribution in [0.2, 0.25) is 10.0 Å². The van der Waals surface area contributed by atoms with E-state index < -0.39 is 9.76 Å². The van der Waals surface area contributed by atoms with Crippen molar-refractivity contribution in [1.82, 2.24) is 4.98 Å². The highest BCUT2D eigenvalue weighted by molar-refractivity contribution is 6.67. The van der Waals surface area contributed by atoms with E-state index in [0.717, 1.165) is 0 Å². The molecule has 0 aliphatic heterocycles. The van der Waals surface area contributed by atoms with Gasteiger partial charge in [0.25, 0.3) is 0 Å². The van der Waals surface area contributed by atoms with Crippen LogP contribution in [0.5, 0.6) is 5.75 Å². The first kappa shape index (κ1) is 15.1. The topological polar surface area (TPSA) is 39.2 Å². The number of hydrogen-bond acceptors (Lipinski definition) is 3. The van der Waals surface area contributed by atoms with E-state index in [-0.39, 0.29) is 21.5 Å². The van der Waals surface area contributed by atoms with Crippen molar-refractivity contribution in [2.75, 3.05) is 0 Å². The Morgan fingerprint density at radius 3 is 2.18 bits per heavy atom. The van der Waals surface area contributed by atoms with Gasteiger partial charge >= 0.3 is 5.97 Å². The van der Waals surface area contributed by atoms with E-state index in [1.54, 1.807) is 6.92 Å². The molecule has 0 unspecified atom stereocenters. The van der Waals surface area contributed by atoms with Crippen LogP contribution in [0.3, 0.4) is 0 Å². The van der Waals surface area contributed by atoms with Gasteiger partial charge in [-0.3, -0.25) is 9.78 Å². The van der Waals surface area contributed by atoms with Crippen molar-refractivity contribution in [3.05, 3.63) is 21.4 Å². The average molecular weight is 337 g/mol. The second kappa shape index (κ2) is 5.37. The maximum atomic E-state index is 10.9. The molecule has 1 rings (SSSR count). The second-order valence-corrected chi connectivity index (χ2v) is 6.13. The molecule has 0 radical (unpaired) electrons. The molecule has 0 aliphatic rings. The molecular weight excluding hydrogens is 331 g/mol. The molecule has 0 saturated carbocycles. The number of carbonyl (C=O) groups is 1. The van der Waals surface area contributed by atoms with Crippen molar-refractivity contribution >= 4 is 64.0 Å². The van der Waals surface area contributed by atoms with Crippen molar-refractivity contribution in [2.24, 2.45) is 0 Å². The van der Waals surface area contributed by atoms with Gasteiger partial charge in [-0.1, -0.05) is 58.0 Å². The standard InChI is InChI=1S/C9H6Cl5NO2/c1-3-5(10)7(17-4(2)16)6(11)8(15-3)9(12,13)14/h1-2H3. The van der Waals surface area contributed by atoms with Gasteiger partial charge in [0.1, 0.15) is 15.7 Å². The number of nitrogens with zero attached hydrogens (tertiary/aromatic N) is 1. The first-order valence-corrected chi connectivity index (χ1v) is 6.14. The zero-order chi connectivity index (χ0) is 13.4. The normalized spacial score (nSPS) is 11.5. The molecule has 0 fully saturated rings. The van der Waals surface area contributed by atoms with Crippen LogP contribution in [0, 0.1) is 6.92 Å². The minimum Gasteiger partial charge on any atom is -0.423 e. The molecule has 17 heavy (non-hydrogen) atoms. The lowest BCUT2D eigenvalue weighted by atomic mass is 10.3. The number of aryl methyl sites for hydroxylation is 1. The van der Waals surface area contributed by atoms with Gasteiger partial charge < -0.3 is 4.74 Å². The number of pyridine rings is 1. The Morgan fingerprint density at radius 1 is 1.24 bits per heavy atom. The third-order valence-corrected chi connectivity index (χ3v) is 3.05. The zero-order valence-electron chi connectivity index (χ0n) is 8.65. The Labute approximate surface area is 123 Å². The van der Waals surface area contributed by atoms with E-state index in [1.807, 2.05) is 0 Å². The minimum atomic E-state index is -1.83. The fraction of sp³-hybridized carbons (Fsp3) is 0.333. The molecular formula is C9H6Cl5NO2. The summed E-state index contributed by atoms with van der Waals surface area (Å²) in [6, 6.07) is 0. The minimum absolute atomic E-state index is 0.0395. The third-order valence-electron chi connectivity index (χ3n) is 1.72. The lowest BCUT2D eigenvalue weighted by Gasteiger charge is -2.16. The molecule has 0 amide bonds. The Kier molecular flexibility index (Phi) is 4.78. The van der Waals surface area contributed by atoms with E-state index in [2.05, 4.69) is 4.98 Å². The molecule has 0 atom stereocenters. The predicted octanol–water partition coefficient (Wildman–Crippen LogP) is 4.45.